The van der Waals surface area contributed by atoms with Gasteiger partial charge in [-0.15, -0.1) is 0 Å². The molecule has 0 radical (unpaired) electrons. The third-order valence-corrected chi connectivity index (χ3v) is 3.60. The fourth-order valence-corrected chi connectivity index (χ4v) is 2.49. The second kappa shape index (κ2) is 7.28. The molecule has 0 saturated carbocycles. The SMILES string of the molecule is Cn1ccc(CCNC(=O)CCC2CCCCN2)n1. The minimum Gasteiger partial charge on any atom is -0.356 e. The number of nitrogens with zero attached hydrogens (tertiary/aromatic N) is 2. The largest absolute Gasteiger partial charge is 0.356 e. The maximum Gasteiger partial charge on any atom is 0.220 e. The van der Waals surface area contributed by atoms with Gasteiger partial charge in [-0.2, -0.15) is 5.10 Å². The number of nitrogens with one attached hydrogen (secondary N) is 2. The van der Waals surface area contributed by atoms with E-state index in [1.807, 2.05) is 19.3 Å². The minimum absolute atomic E-state index is 0.156. The van der Waals surface area contributed by atoms with Crippen molar-refractivity contribution in [3.8, 4) is 0 Å². The molecule has 0 spiro atoms. The van der Waals surface area contributed by atoms with Crippen LogP contribution < -0.4 is 10.6 Å². The van der Waals surface area contributed by atoms with Crippen molar-refractivity contribution in [1.29, 1.82) is 0 Å². The molecule has 1 fully saturated rings. The normalized spacial score (nSPS) is 19.3. The van der Waals surface area contributed by atoms with Crippen LogP contribution in [0.1, 0.15) is 37.8 Å². The summed E-state index contributed by atoms with van der Waals surface area (Å²) in [6.07, 6.45) is 8.07. The van der Waals surface area contributed by atoms with Crippen LogP contribution in [0.5, 0.6) is 0 Å². The number of carbonyl (C=O) groups is 1. The topological polar surface area (TPSA) is 59.0 Å². The van der Waals surface area contributed by atoms with E-state index in [4.69, 9.17) is 0 Å². The fourth-order valence-electron chi connectivity index (χ4n) is 2.49. The van der Waals surface area contributed by atoms with Gasteiger partial charge in [0.2, 0.25) is 5.91 Å². The van der Waals surface area contributed by atoms with Crippen molar-refractivity contribution in [2.45, 2.75) is 44.6 Å². The first-order chi connectivity index (χ1) is 9.24. The molecule has 0 aromatic carbocycles. The number of rotatable bonds is 6. The van der Waals surface area contributed by atoms with Crippen molar-refractivity contribution in [2.24, 2.45) is 7.05 Å². The van der Waals surface area contributed by atoms with Gasteiger partial charge in [0.1, 0.15) is 0 Å². The van der Waals surface area contributed by atoms with Gasteiger partial charge in [-0.05, 0) is 31.9 Å². The molecule has 1 aliphatic rings. The Morgan fingerprint density at radius 1 is 1.58 bits per heavy atom. The van der Waals surface area contributed by atoms with Crippen LogP contribution in [0.15, 0.2) is 12.3 Å². The maximum atomic E-state index is 11.7. The Morgan fingerprint density at radius 2 is 2.47 bits per heavy atom. The average molecular weight is 264 g/mol. The predicted octanol–water partition coefficient (Wildman–Crippen LogP) is 1.00. The van der Waals surface area contributed by atoms with E-state index in [-0.39, 0.29) is 5.91 Å². The fraction of sp³-hybridized carbons (Fsp3) is 0.714. The van der Waals surface area contributed by atoms with Crippen LogP contribution in [0.2, 0.25) is 0 Å². The van der Waals surface area contributed by atoms with Crippen LogP contribution in [0.25, 0.3) is 0 Å². The number of carbonyl (C=O) groups excluding carboxylic acids is 1. The van der Waals surface area contributed by atoms with Crippen LogP contribution >= 0.6 is 0 Å². The molecule has 2 rings (SSSR count). The molecule has 19 heavy (non-hydrogen) atoms. The van der Waals surface area contributed by atoms with Gasteiger partial charge in [0.15, 0.2) is 0 Å². The Hall–Kier alpha value is -1.36. The monoisotopic (exact) mass is 264 g/mol. The lowest BCUT2D eigenvalue weighted by Crippen LogP contribution is -2.35. The van der Waals surface area contributed by atoms with E-state index in [1.54, 1.807) is 4.68 Å². The standard InChI is InChI=1S/C14H24N4O/c1-18-11-8-13(17-18)7-10-16-14(19)6-5-12-4-2-3-9-15-12/h8,11-12,15H,2-7,9-10H2,1H3,(H,16,19). The summed E-state index contributed by atoms with van der Waals surface area (Å²) in [7, 11) is 1.90. The van der Waals surface area contributed by atoms with Gasteiger partial charge < -0.3 is 10.6 Å². The van der Waals surface area contributed by atoms with Gasteiger partial charge >= 0.3 is 0 Å². The summed E-state index contributed by atoms with van der Waals surface area (Å²) in [5, 5.41) is 10.7. The second-order valence-electron chi connectivity index (χ2n) is 5.27. The number of aromatic nitrogens is 2. The average Bonchev–Trinajstić information content (AvgIpc) is 2.83. The number of hydrogen-bond donors (Lipinski definition) is 2. The highest BCUT2D eigenvalue weighted by atomic mass is 16.1. The molecule has 1 aliphatic heterocycles. The Morgan fingerprint density at radius 3 is 3.16 bits per heavy atom. The lowest BCUT2D eigenvalue weighted by atomic mass is 10.0. The molecule has 1 amide bonds. The molecule has 5 nitrogen and oxygen atoms in total. The van der Waals surface area contributed by atoms with Gasteiger partial charge in [0, 0.05) is 38.7 Å². The van der Waals surface area contributed by atoms with Gasteiger partial charge in [-0.25, -0.2) is 0 Å². The smallest absolute Gasteiger partial charge is 0.220 e. The van der Waals surface area contributed by atoms with Crippen molar-refractivity contribution in [2.75, 3.05) is 13.1 Å². The molecule has 1 aromatic rings. The quantitative estimate of drug-likeness (QED) is 0.806. The Labute approximate surface area is 114 Å². The van der Waals surface area contributed by atoms with Crippen LogP contribution in [-0.4, -0.2) is 34.8 Å². The number of amides is 1. The molecule has 1 unspecified atom stereocenters. The summed E-state index contributed by atoms with van der Waals surface area (Å²) < 4.78 is 1.78. The first-order valence-corrected chi connectivity index (χ1v) is 7.22. The van der Waals surface area contributed by atoms with E-state index < -0.39 is 0 Å². The van der Waals surface area contributed by atoms with Crippen molar-refractivity contribution in [3.05, 3.63) is 18.0 Å². The summed E-state index contributed by atoms with van der Waals surface area (Å²) in [6, 6.07) is 2.52. The summed E-state index contributed by atoms with van der Waals surface area (Å²) in [5.41, 5.74) is 1.02. The van der Waals surface area contributed by atoms with Crippen LogP contribution in [0.3, 0.4) is 0 Å². The second-order valence-corrected chi connectivity index (χ2v) is 5.27. The molecule has 2 heterocycles. The molecule has 5 heteroatoms. The predicted molar refractivity (Wildman–Crippen MR) is 74.8 cm³/mol. The first kappa shape index (κ1) is 14.1. The molecule has 1 saturated heterocycles. The van der Waals surface area contributed by atoms with Crippen molar-refractivity contribution >= 4 is 5.91 Å². The van der Waals surface area contributed by atoms with Crippen molar-refractivity contribution < 1.29 is 4.79 Å². The first-order valence-electron chi connectivity index (χ1n) is 7.22. The molecule has 1 aromatic heterocycles. The third kappa shape index (κ3) is 5.03. The van der Waals surface area contributed by atoms with Crippen molar-refractivity contribution in [1.82, 2.24) is 20.4 Å². The summed E-state index contributed by atoms with van der Waals surface area (Å²) >= 11 is 0. The third-order valence-electron chi connectivity index (χ3n) is 3.60. The summed E-state index contributed by atoms with van der Waals surface area (Å²) in [6.45, 7) is 1.78. The van der Waals surface area contributed by atoms with Gasteiger partial charge in [0.25, 0.3) is 0 Å². The van der Waals surface area contributed by atoms with E-state index in [9.17, 15) is 4.79 Å². The molecule has 1 atom stereocenters. The molecule has 106 valence electrons. The van der Waals surface area contributed by atoms with Crippen LogP contribution in [-0.2, 0) is 18.3 Å². The van der Waals surface area contributed by atoms with E-state index >= 15 is 0 Å². The molecular formula is C14H24N4O. The zero-order chi connectivity index (χ0) is 13.5. The van der Waals surface area contributed by atoms with Crippen LogP contribution in [0, 0.1) is 0 Å². The highest BCUT2D eigenvalue weighted by Crippen LogP contribution is 2.11. The van der Waals surface area contributed by atoms with Crippen LogP contribution in [0.4, 0.5) is 0 Å². The Kier molecular flexibility index (Phi) is 5.39. The summed E-state index contributed by atoms with van der Waals surface area (Å²) in [5.74, 6) is 0.156. The van der Waals surface area contributed by atoms with Gasteiger partial charge in [-0.1, -0.05) is 6.42 Å². The zero-order valence-electron chi connectivity index (χ0n) is 11.7. The van der Waals surface area contributed by atoms with E-state index in [0.29, 0.717) is 19.0 Å². The van der Waals surface area contributed by atoms with Crippen molar-refractivity contribution in [3.63, 3.8) is 0 Å². The number of piperidine rings is 1. The molecule has 2 N–H and O–H groups in total. The van der Waals surface area contributed by atoms with Gasteiger partial charge in [0.05, 0.1) is 5.69 Å². The van der Waals surface area contributed by atoms with Gasteiger partial charge in [-0.3, -0.25) is 9.48 Å². The molecule has 0 bridgehead atoms. The highest BCUT2D eigenvalue weighted by Gasteiger charge is 2.13. The number of hydrogen-bond acceptors (Lipinski definition) is 3. The van der Waals surface area contributed by atoms with E-state index in [1.165, 1.54) is 19.3 Å². The summed E-state index contributed by atoms with van der Waals surface area (Å²) in [4.78, 5) is 11.7. The zero-order valence-corrected chi connectivity index (χ0v) is 11.7. The number of aryl methyl sites for hydroxylation is 1. The van der Waals surface area contributed by atoms with E-state index in [2.05, 4.69) is 15.7 Å². The molecular weight excluding hydrogens is 240 g/mol. The maximum absolute atomic E-state index is 11.7. The lowest BCUT2D eigenvalue weighted by Gasteiger charge is -2.23. The molecule has 0 aliphatic carbocycles. The highest BCUT2D eigenvalue weighted by molar-refractivity contribution is 5.75. The Bertz CT molecular complexity index is 396. The van der Waals surface area contributed by atoms with E-state index in [0.717, 1.165) is 25.1 Å². The minimum atomic E-state index is 0.156. The Balaban J connectivity index is 1.56. The lowest BCUT2D eigenvalue weighted by molar-refractivity contribution is -0.121.